The van der Waals surface area contributed by atoms with Crippen molar-refractivity contribution in [3.63, 3.8) is 0 Å². The summed E-state index contributed by atoms with van der Waals surface area (Å²) in [6, 6.07) is 3.58. The van der Waals surface area contributed by atoms with Gasteiger partial charge in [-0.3, -0.25) is 0 Å². The molecule has 2 aromatic rings. The molecule has 0 aliphatic carbocycles. The van der Waals surface area contributed by atoms with Gasteiger partial charge in [0.2, 0.25) is 0 Å². The number of imidazole rings is 1. The lowest BCUT2D eigenvalue weighted by molar-refractivity contribution is 0.989. The van der Waals surface area contributed by atoms with Gasteiger partial charge in [-0.25, -0.2) is 9.97 Å². The Labute approximate surface area is 92.1 Å². The summed E-state index contributed by atoms with van der Waals surface area (Å²) in [6.07, 6.45) is 4.94. The summed E-state index contributed by atoms with van der Waals surface area (Å²) < 4.78 is 0. The van der Waals surface area contributed by atoms with Crippen molar-refractivity contribution in [3.05, 3.63) is 36.0 Å². The van der Waals surface area contributed by atoms with Crippen molar-refractivity contribution < 1.29 is 0 Å². The number of nitrogen functional groups attached to an aromatic ring is 1. The first-order chi connectivity index (χ1) is 7.81. The highest BCUT2D eigenvalue weighted by Gasteiger charge is 2.05. The van der Waals surface area contributed by atoms with E-state index in [0.717, 1.165) is 5.82 Å². The van der Waals surface area contributed by atoms with E-state index in [9.17, 15) is 0 Å². The van der Waals surface area contributed by atoms with Crippen molar-refractivity contribution in [1.82, 2.24) is 15.0 Å². The van der Waals surface area contributed by atoms with Gasteiger partial charge in [0, 0.05) is 18.6 Å². The molecule has 2 aromatic heterocycles. The number of aromatic amines is 1. The number of anilines is 2. The van der Waals surface area contributed by atoms with Crippen LogP contribution in [0.2, 0.25) is 0 Å². The normalized spacial score (nSPS) is 9.69. The molecule has 0 radical (unpaired) electrons. The van der Waals surface area contributed by atoms with E-state index < -0.39 is 0 Å². The lowest BCUT2D eigenvalue weighted by atomic mass is 10.2. The Morgan fingerprint density at radius 3 is 3.00 bits per heavy atom. The van der Waals surface area contributed by atoms with Crippen LogP contribution in [-0.4, -0.2) is 15.0 Å². The number of nitrogens with zero attached hydrogens (tertiary/aromatic N) is 3. The predicted octanol–water partition coefficient (Wildman–Crippen LogP) is 0.871. The number of nitrogens with two attached hydrogens (primary N) is 1. The molecule has 6 nitrogen and oxygen atoms in total. The van der Waals surface area contributed by atoms with Crippen LogP contribution < -0.4 is 11.1 Å². The molecular weight excluding hydrogens is 204 g/mol. The summed E-state index contributed by atoms with van der Waals surface area (Å²) in [6.45, 7) is 0.485. The van der Waals surface area contributed by atoms with E-state index in [0.29, 0.717) is 23.6 Å². The van der Waals surface area contributed by atoms with Crippen LogP contribution in [-0.2, 0) is 6.54 Å². The number of H-pyrrole nitrogens is 1. The van der Waals surface area contributed by atoms with Crippen molar-refractivity contribution in [3.8, 4) is 6.07 Å². The number of nitrogens with one attached hydrogen (secondary N) is 2. The lowest BCUT2D eigenvalue weighted by Crippen LogP contribution is -2.06. The summed E-state index contributed by atoms with van der Waals surface area (Å²) in [5.41, 5.74) is 6.53. The zero-order valence-corrected chi connectivity index (χ0v) is 8.44. The molecule has 2 rings (SSSR count). The lowest BCUT2D eigenvalue weighted by Gasteiger charge is -2.07. The highest BCUT2D eigenvalue weighted by Crippen LogP contribution is 2.19. The molecule has 0 fully saturated rings. The van der Waals surface area contributed by atoms with Crippen molar-refractivity contribution in [2.45, 2.75) is 6.54 Å². The maximum absolute atomic E-state index is 8.79. The second-order valence-corrected chi connectivity index (χ2v) is 3.12. The van der Waals surface area contributed by atoms with Gasteiger partial charge >= 0.3 is 0 Å². The van der Waals surface area contributed by atoms with Gasteiger partial charge in [0.1, 0.15) is 11.9 Å². The third kappa shape index (κ3) is 1.93. The Morgan fingerprint density at radius 2 is 2.31 bits per heavy atom. The van der Waals surface area contributed by atoms with Crippen LogP contribution in [0, 0.1) is 11.3 Å². The van der Waals surface area contributed by atoms with Crippen LogP contribution in [0.25, 0.3) is 0 Å². The average Bonchev–Trinajstić information content (AvgIpc) is 2.81. The molecule has 16 heavy (non-hydrogen) atoms. The number of hydrogen-bond donors (Lipinski definition) is 3. The summed E-state index contributed by atoms with van der Waals surface area (Å²) in [5.74, 6) is 1.28. The Hall–Kier alpha value is -2.55. The highest BCUT2D eigenvalue weighted by molar-refractivity contribution is 5.68. The predicted molar refractivity (Wildman–Crippen MR) is 59.3 cm³/mol. The Morgan fingerprint density at radius 1 is 1.44 bits per heavy atom. The van der Waals surface area contributed by atoms with Crippen molar-refractivity contribution in [2.24, 2.45) is 0 Å². The van der Waals surface area contributed by atoms with Crippen LogP contribution >= 0.6 is 0 Å². The molecule has 2 heterocycles. The average molecular weight is 214 g/mol. The first-order valence-corrected chi connectivity index (χ1v) is 4.68. The number of aromatic nitrogens is 3. The summed E-state index contributed by atoms with van der Waals surface area (Å²) in [4.78, 5) is 11.1. The van der Waals surface area contributed by atoms with Crippen molar-refractivity contribution in [1.29, 1.82) is 5.26 Å². The fourth-order valence-corrected chi connectivity index (χ4v) is 1.27. The molecule has 0 aliphatic heterocycles. The summed E-state index contributed by atoms with van der Waals surface area (Å²) in [5, 5.41) is 11.8. The molecule has 0 saturated carbocycles. The van der Waals surface area contributed by atoms with Gasteiger partial charge in [-0.05, 0) is 6.07 Å². The smallest absolute Gasteiger partial charge is 0.150 e. The quantitative estimate of drug-likeness (QED) is 0.703. The van der Waals surface area contributed by atoms with Crippen LogP contribution in [0.15, 0.2) is 24.7 Å². The Balaban J connectivity index is 2.13. The number of rotatable bonds is 3. The van der Waals surface area contributed by atoms with E-state index in [4.69, 9.17) is 11.0 Å². The molecular formula is C10H10N6. The zero-order valence-electron chi connectivity index (χ0n) is 8.44. The van der Waals surface area contributed by atoms with E-state index >= 15 is 0 Å². The standard InChI is InChI=1S/C10H10N6/c11-5-7-1-2-15-10(9(7)12)16-6-8-13-3-4-14-8/h1-4H,6,12H2,(H,13,14)(H,15,16). The van der Waals surface area contributed by atoms with Crippen LogP contribution in [0.5, 0.6) is 0 Å². The third-order valence-corrected chi connectivity index (χ3v) is 2.09. The fourth-order valence-electron chi connectivity index (χ4n) is 1.27. The molecule has 0 saturated heterocycles. The van der Waals surface area contributed by atoms with Gasteiger partial charge in [0.25, 0.3) is 0 Å². The van der Waals surface area contributed by atoms with Crippen molar-refractivity contribution >= 4 is 11.5 Å². The van der Waals surface area contributed by atoms with E-state index in [-0.39, 0.29) is 0 Å². The maximum Gasteiger partial charge on any atom is 0.150 e. The molecule has 0 unspecified atom stereocenters. The first kappa shape index (κ1) is 9.98. The number of hydrogen-bond acceptors (Lipinski definition) is 5. The number of nitriles is 1. The Bertz CT molecular complexity index is 511. The monoisotopic (exact) mass is 214 g/mol. The Kier molecular flexibility index (Phi) is 2.69. The molecule has 0 aliphatic rings. The minimum Gasteiger partial charge on any atom is -0.395 e. The highest BCUT2D eigenvalue weighted by atomic mass is 15.0. The zero-order chi connectivity index (χ0) is 11.4. The fraction of sp³-hybridized carbons (Fsp3) is 0.100. The maximum atomic E-state index is 8.79. The minimum atomic E-state index is 0.358. The molecule has 4 N–H and O–H groups in total. The van der Waals surface area contributed by atoms with E-state index in [1.807, 2.05) is 6.07 Å². The minimum absolute atomic E-state index is 0.358. The first-order valence-electron chi connectivity index (χ1n) is 4.68. The van der Waals surface area contributed by atoms with E-state index in [1.165, 1.54) is 0 Å². The molecule has 0 aromatic carbocycles. The largest absolute Gasteiger partial charge is 0.395 e. The molecule has 0 amide bonds. The van der Waals surface area contributed by atoms with Gasteiger partial charge in [0.15, 0.2) is 5.82 Å². The summed E-state index contributed by atoms with van der Waals surface area (Å²) >= 11 is 0. The van der Waals surface area contributed by atoms with Gasteiger partial charge in [-0.2, -0.15) is 5.26 Å². The van der Waals surface area contributed by atoms with Crippen LogP contribution in [0.1, 0.15) is 11.4 Å². The van der Waals surface area contributed by atoms with Gasteiger partial charge in [-0.15, -0.1) is 0 Å². The molecule has 6 heteroatoms. The van der Waals surface area contributed by atoms with E-state index in [2.05, 4.69) is 20.3 Å². The molecule has 0 spiro atoms. The molecule has 0 atom stereocenters. The van der Waals surface area contributed by atoms with Gasteiger partial charge in [-0.1, -0.05) is 0 Å². The van der Waals surface area contributed by atoms with Crippen LogP contribution in [0.4, 0.5) is 11.5 Å². The third-order valence-electron chi connectivity index (χ3n) is 2.09. The van der Waals surface area contributed by atoms with E-state index in [1.54, 1.807) is 24.7 Å². The number of pyridine rings is 1. The van der Waals surface area contributed by atoms with Gasteiger partial charge < -0.3 is 16.0 Å². The molecule has 0 bridgehead atoms. The topological polar surface area (TPSA) is 103 Å². The van der Waals surface area contributed by atoms with Gasteiger partial charge in [0.05, 0.1) is 17.8 Å². The van der Waals surface area contributed by atoms with Crippen molar-refractivity contribution in [2.75, 3.05) is 11.1 Å². The second-order valence-electron chi connectivity index (χ2n) is 3.12. The SMILES string of the molecule is N#Cc1ccnc(NCc2ncc[nH]2)c1N. The summed E-state index contributed by atoms with van der Waals surface area (Å²) in [7, 11) is 0. The van der Waals surface area contributed by atoms with Crippen LogP contribution in [0.3, 0.4) is 0 Å². The molecule has 80 valence electrons. The second kappa shape index (κ2) is 4.31.